The molecule has 4 heteroatoms. The molecule has 0 bridgehead atoms. The highest BCUT2D eigenvalue weighted by atomic mass is 32.1. The van der Waals surface area contributed by atoms with Gasteiger partial charge in [-0.3, -0.25) is 4.79 Å². The van der Waals surface area contributed by atoms with Crippen molar-refractivity contribution in [3.05, 3.63) is 0 Å². The number of thiocarbonyl (C=S) groups is 1. The molecule has 3 nitrogen and oxygen atoms in total. The van der Waals surface area contributed by atoms with Crippen LogP contribution in [0.3, 0.4) is 0 Å². The number of rotatable bonds is 4. The molecule has 1 aliphatic carbocycles. The van der Waals surface area contributed by atoms with Crippen LogP contribution in [0.15, 0.2) is 0 Å². The second-order valence-corrected chi connectivity index (χ2v) is 6.07. The van der Waals surface area contributed by atoms with Crippen LogP contribution in [0.5, 0.6) is 0 Å². The largest absolute Gasteiger partial charge is 0.392 e. The Bertz CT molecular complexity index is 311. The predicted molar refractivity (Wildman–Crippen MR) is 74.8 cm³/mol. The van der Waals surface area contributed by atoms with Crippen LogP contribution < -0.4 is 11.1 Å². The van der Waals surface area contributed by atoms with Crippen LogP contribution in [0.2, 0.25) is 0 Å². The van der Waals surface area contributed by atoms with Gasteiger partial charge in [0.25, 0.3) is 0 Å². The smallest absolute Gasteiger partial charge is 0.233 e. The highest BCUT2D eigenvalue weighted by Crippen LogP contribution is 2.30. The molecule has 0 aliphatic heterocycles. The minimum atomic E-state index is -0.713. The van der Waals surface area contributed by atoms with Crippen molar-refractivity contribution in [1.82, 2.24) is 5.32 Å². The molecule has 1 aliphatic rings. The molecular weight excluding hydrogens is 232 g/mol. The zero-order chi connectivity index (χ0) is 13.1. The number of carbonyl (C=O) groups excluding carboxylic acids is 1. The van der Waals surface area contributed by atoms with Gasteiger partial charge in [0.2, 0.25) is 5.91 Å². The van der Waals surface area contributed by atoms with E-state index in [2.05, 4.69) is 12.2 Å². The van der Waals surface area contributed by atoms with E-state index >= 15 is 0 Å². The molecule has 1 atom stereocenters. The molecule has 0 spiro atoms. The average Bonchev–Trinajstić information content (AvgIpc) is 2.27. The summed E-state index contributed by atoms with van der Waals surface area (Å²) in [6.45, 7) is 5.90. The topological polar surface area (TPSA) is 55.1 Å². The predicted octanol–water partition coefficient (Wildman–Crippen LogP) is 2.53. The SMILES string of the molecule is CCC(C)(C(=O)NC1(C)CCCCC1)C(N)=S. The summed E-state index contributed by atoms with van der Waals surface area (Å²) in [5.41, 5.74) is 4.92. The lowest BCUT2D eigenvalue weighted by molar-refractivity contribution is -0.129. The summed E-state index contributed by atoms with van der Waals surface area (Å²) >= 11 is 5.03. The number of carbonyl (C=O) groups is 1. The van der Waals surface area contributed by atoms with Gasteiger partial charge < -0.3 is 11.1 Å². The molecule has 0 saturated heterocycles. The van der Waals surface area contributed by atoms with Crippen LogP contribution in [0.1, 0.15) is 59.3 Å². The van der Waals surface area contributed by atoms with Gasteiger partial charge in [-0.25, -0.2) is 0 Å². The first-order valence-electron chi connectivity index (χ1n) is 6.46. The summed E-state index contributed by atoms with van der Waals surface area (Å²) < 4.78 is 0. The average molecular weight is 256 g/mol. The third-order valence-corrected chi connectivity index (χ3v) is 4.58. The van der Waals surface area contributed by atoms with E-state index in [1.54, 1.807) is 0 Å². The highest BCUT2D eigenvalue weighted by molar-refractivity contribution is 7.80. The summed E-state index contributed by atoms with van der Waals surface area (Å²) in [4.78, 5) is 12.6. The monoisotopic (exact) mass is 256 g/mol. The Hall–Kier alpha value is -0.640. The van der Waals surface area contributed by atoms with Gasteiger partial charge in [-0.2, -0.15) is 0 Å². The zero-order valence-corrected chi connectivity index (χ0v) is 12.0. The van der Waals surface area contributed by atoms with Crippen molar-refractivity contribution in [2.45, 2.75) is 64.8 Å². The fourth-order valence-electron chi connectivity index (χ4n) is 2.32. The fourth-order valence-corrected chi connectivity index (χ4v) is 2.55. The van der Waals surface area contributed by atoms with Gasteiger partial charge in [0.15, 0.2) is 0 Å². The second-order valence-electron chi connectivity index (χ2n) is 5.63. The van der Waals surface area contributed by atoms with E-state index < -0.39 is 5.41 Å². The molecule has 1 fully saturated rings. The zero-order valence-electron chi connectivity index (χ0n) is 11.1. The van der Waals surface area contributed by atoms with Crippen LogP contribution in [0, 0.1) is 5.41 Å². The molecule has 0 aromatic carbocycles. The Morgan fingerprint density at radius 3 is 2.35 bits per heavy atom. The molecule has 0 aromatic heterocycles. The highest BCUT2D eigenvalue weighted by Gasteiger charge is 2.38. The summed E-state index contributed by atoms with van der Waals surface area (Å²) in [5.74, 6) is -0.0168. The van der Waals surface area contributed by atoms with Crippen molar-refractivity contribution in [3.8, 4) is 0 Å². The maximum absolute atomic E-state index is 12.3. The molecule has 1 rings (SSSR count). The number of hydrogen-bond acceptors (Lipinski definition) is 2. The Kier molecular flexibility index (Phi) is 4.53. The quantitative estimate of drug-likeness (QED) is 0.760. The van der Waals surface area contributed by atoms with Gasteiger partial charge in [-0.1, -0.05) is 38.4 Å². The van der Waals surface area contributed by atoms with Crippen molar-refractivity contribution in [1.29, 1.82) is 0 Å². The van der Waals surface area contributed by atoms with Crippen molar-refractivity contribution < 1.29 is 4.79 Å². The Labute approximate surface area is 110 Å². The van der Waals surface area contributed by atoms with E-state index in [9.17, 15) is 4.79 Å². The minimum absolute atomic E-state index is 0.0168. The third kappa shape index (κ3) is 3.18. The van der Waals surface area contributed by atoms with E-state index in [0.29, 0.717) is 6.42 Å². The van der Waals surface area contributed by atoms with Gasteiger partial charge >= 0.3 is 0 Å². The number of nitrogens with two attached hydrogens (primary N) is 1. The first-order chi connectivity index (χ1) is 7.84. The van der Waals surface area contributed by atoms with Crippen LogP contribution in [-0.2, 0) is 4.79 Å². The van der Waals surface area contributed by atoms with E-state index in [4.69, 9.17) is 18.0 Å². The van der Waals surface area contributed by atoms with Gasteiger partial charge in [0.1, 0.15) is 0 Å². The molecule has 0 radical (unpaired) electrons. The maximum Gasteiger partial charge on any atom is 0.233 e. The molecule has 98 valence electrons. The first-order valence-corrected chi connectivity index (χ1v) is 6.87. The summed E-state index contributed by atoms with van der Waals surface area (Å²) in [5, 5.41) is 3.16. The van der Waals surface area contributed by atoms with E-state index in [1.165, 1.54) is 19.3 Å². The third-order valence-electron chi connectivity index (χ3n) is 4.12. The van der Waals surface area contributed by atoms with E-state index in [-0.39, 0.29) is 16.4 Å². The second kappa shape index (κ2) is 5.34. The normalized spacial score (nSPS) is 22.5. The number of amides is 1. The lowest BCUT2D eigenvalue weighted by Gasteiger charge is -2.38. The standard InChI is InChI=1S/C13H24N2OS/c1-4-13(3,10(14)17)11(16)15-12(2)8-6-5-7-9-12/h4-9H2,1-3H3,(H2,14,17)(H,15,16). The number of hydrogen-bond donors (Lipinski definition) is 2. The van der Waals surface area contributed by atoms with Crippen molar-refractivity contribution in [3.63, 3.8) is 0 Å². The van der Waals surface area contributed by atoms with Gasteiger partial charge in [-0.05, 0) is 33.1 Å². The van der Waals surface area contributed by atoms with Gasteiger partial charge in [0, 0.05) is 5.54 Å². The molecular formula is C13H24N2OS. The molecule has 0 aromatic rings. The lowest BCUT2D eigenvalue weighted by Crippen LogP contribution is -2.55. The summed E-state index contributed by atoms with van der Waals surface area (Å²) in [6, 6.07) is 0. The van der Waals surface area contributed by atoms with Crippen LogP contribution in [0.25, 0.3) is 0 Å². The number of nitrogens with one attached hydrogen (secondary N) is 1. The van der Waals surface area contributed by atoms with Gasteiger partial charge in [-0.15, -0.1) is 0 Å². The summed E-state index contributed by atoms with van der Waals surface area (Å²) in [6.07, 6.45) is 6.39. The van der Waals surface area contributed by atoms with E-state index in [1.807, 2.05) is 13.8 Å². The van der Waals surface area contributed by atoms with Crippen molar-refractivity contribution in [2.75, 3.05) is 0 Å². The van der Waals surface area contributed by atoms with Crippen molar-refractivity contribution in [2.24, 2.45) is 11.1 Å². The molecule has 1 unspecified atom stereocenters. The minimum Gasteiger partial charge on any atom is -0.392 e. The molecule has 1 saturated carbocycles. The van der Waals surface area contributed by atoms with E-state index in [0.717, 1.165) is 12.8 Å². The van der Waals surface area contributed by atoms with Crippen LogP contribution >= 0.6 is 12.2 Å². The Balaban J connectivity index is 2.73. The summed E-state index contributed by atoms with van der Waals surface area (Å²) in [7, 11) is 0. The lowest BCUT2D eigenvalue weighted by atomic mass is 9.80. The Morgan fingerprint density at radius 1 is 1.41 bits per heavy atom. The molecule has 0 heterocycles. The van der Waals surface area contributed by atoms with Gasteiger partial charge in [0.05, 0.1) is 10.4 Å². The van der Waals surface area contributed by atoms with Crippen molar-refractivity contribution >= 4 is 23.1 Å². The Morgan fingerprint density at radius 2 is 1.94 bits per heavy atom. The molecule has 3 N–H and O–H groups in total. The van der Waals surface area contributed by atoms with Crippen LogP contribution in [0.4, 0.5) is 0 Å². The maximum atomic E-state index is 12.3. The first kappa shape index (κ1) is 14.4. The van der Waals surface area contributed by atoms with Crippen LogP contribution in [-0.4, -0.2) is 16.4 Å². The fraction of sp³-hybridized carbons (Fsp3) is 0.846. The molecule has 17 heavy (non-hydrogen) atoms. The molecule has 1 amide bonds.